The summed E-state index contributed by atoms with van der Waals surface area (Å²) in [5.74, 6) is 4.14. The average molecular weight is 857 g/mol. The molecule has 3 aromatic rings. The molecule has 0 spiro atoms. The molecule has 3 aromatic carbocycles. The van der Waals surface area contributed by atoms with Crippen LogP contribution in [0.25, 0.3) is 6.08 Å². The van der Waals surface area contributed by atoms with Crippen LogP contribution >= 0.6 is 0 Å². The van der Waals surface area contributed by atoms with Gasteiger partial charge in [0.2, 0.25) is 0 Å². The largest absolute Gasteiger partial charge is 0.497 e. The Morgan fingerprint density at radius 2 is 1.58 bits per heavy atom. The number of methoxy groups -OCH3 is 2. The van der Waals surface area contributed by atoms with Gasteiger partial charge in [-0.1, -0.05) is 125 Å². The number of aliphatic hydroxyl groups excluding tert-OH is 1. The van der Waals surface area contributed by atoms with E-state index in [1.807, 2.05) is 57.2 Å². The molecule has 1 aliphatic rings. The molecule has 14 heteroatoms. The summed E-state index contributed by atoms with van der Waals surface area (Å²) in [6.45, 7) is 15.8. The predicted octanol–water partition coefficient (Wildman–Crippen LogP) is 8.36. The molecule has 1 N–H and O–H groups in total. The molecule has 0 amide bonds. The monoisotopic (exact) mass is 856 g/mol. The van der Waals surface area contributed by atoms with Gasteiger partial charge in [0.05, 0.1) is 19.8 Å². The van der Waals surface area contributed by atoms with Crippen LogP contribution in [0.15, 0.2) is 78.9 Å². The molecule has 1 aliphatic heterocycles. The van der Waals surface area contributed by atoms with Gasteiger partial charge in [-0.25, -0.2) is 4.79 Å². The van der Waals surface area contributed by atoms with Gasteiger partial charge in [0, 0.05) is 27.7 Å². The second-order valence-electron chi connectivity index (χ2n) is 17.1. The Morgan fingerprint density at radius 3 is 2.10 bits per heavy atom. The lowest BCUT2D eigenvalue weighted by molar-refractivity contribution is -0.195. The minimum Gasteiger partial charge on any atom is -0.497 e. The first kappa shape index (κ1) is 47.7. The fourth-order valence-corrected chi connectivity index (χ4v) is 12.3. The van der Waals surface area contributed by atoms with Gasteiger partial charge < -0.3 is 38.0 Å². The van der Waals surface area contributed by atoms with Crippen LogP contribution in [0.4, 0.5) is 13.2 Å². The number of rotatable bonds is 17. The van der Waals surface area contributed by atoms with Crippen LogP contribution in [0.5, 0.6) is 11.5 Å². The number of carbonyl (C=O) groups excluding carboxylic acids is 1. The first-order valence-electron chi connectivity index (χ1n) is 19.7. The van der Waals surface area contributed by atoms with Gasteiger partial charge in [0.15, 0.2) is 18.7 Å². The zero-order valence-corrected chi connectivity index (χ0v) is 37.8. The zero-order chi connectivity index (χ0) is 43.6. The molecule has 1 heterocycles. The van der Waals surface area contributed by atoms with Crippen molar-refractivity contribution in [1.29, 1.82) is 0 Å². The van der Waals surface area contributed by atoms with Crippen LogP contribution < -0.4 is 19.8 Å². The fourth-order valence-electron chi connectivity index (χ4n) is 6.95. The average Bonchev–Trinajstić information content (AvgIpc) is 3.48. The first-order chi connectivity index (χ1) is 27.6. The Labute approximate surface area is 349 Å². The number of ether oxygens (including phenoxy) is 6. The number of carbonyl (C=O) groups is 1. The van der Waals surface area contributed by atoms with Crippen LogP contribution in [-0.2, 0) is 23.4 Å². The van der Waals surface area contributed by atoms with Crippen LogP contribution in [0.3, 0.4) is 0 Å². The lowest BCUT2D eigenvalue weighted by atomic mass is 10.0. The third kappa shape index (κ3) is 12.8. The second-order valence-corrected chi connectivity index (χ2v) is 27.0. The van der Waals surface area contributed by atoms with Gasteiger partial charge in [0.1, 0.15) is 29.3 Å². The van der Waals surface area contributed by atoms with E-state index in [0.29, 0.717) is 21.7 Å². The van der Waals surface area contributed by atoms with Crippen LogP contribution in [0.1, 0.15) is 63.4 Å². The molecular weight excluding hydrogens is 798 g/mol. The predicted molar refractivity (Wildman–Crippen MR) is 228 cm³/mol. The molecule has 4 rings (SSSR count). The highest BCUT2D eigenvalue weighted by atomic mass is 28.4. The maximum Gasteiger partial charge on any atom is 0.414 e. The minimum absolute atomic E-state index is 0.121. The van der Waals surface area contributed by atoms with Crippen molar-refractivity contribution in [2.24, 2.45) is 0 Å². The summed E-state index contributed by atoms with van der Waals surface area (Å²) in [5, 5.41) is 12.0. The van der Waals surface area contributed by atoms with Crippen LogP contribution in [0.2, 0.25) is 30.7 Å². The molecule has 322 valence electrons. The SMILES string of the molecule is COCOc1cc(OC)cc(/C=C/C[C@@H]2OC(C)(C)O[C@@H]2C(O)C#CC[C@@H](O[Si](c2ccccc2)(c2ccccc2)C(C)(C)C)C(F)(F)F)c1C(=O)OCC[Si](C)(C)C. The zero-order valence-electron chi connectivity index (χ0n) is 35.8. The van der Waals surface area contributed by atoms with Crippen LogP contribution in [-0.4, -0.2) is 91.5 Å². The van der Waals surface area contributed by atoms with E-state index in [4.69, 9.17) is 32.8 Å². The minimum atomic E-state index is -4.76. The van der Waals surface area contributed by atoms with E-state index in [2.05, 4.69) is 31.5 Å². The van der Waals surface area contributed by atoms with E-state index >= 15 is 0 Å². The molecule has 1 unspecified atom stereocenters. The normalized spacial score (nSPS) is 18.2. The Bertz CT molecular complexity index is 1870. The van der Waals surface area contributed by atoms with Gasteiger partial charge in [-0.15, -0.1) is 0 Å². The highest BCUT2D eigenvalue weighted by Gasteiger charge is 2.55. The molecule has 0 aliphatic carbocycles. The van der Waals surface area contributed by atoms with Crippen molar-refractivity contribution < 1.29 is 55.9 Å². The van der Waals surface area contributed by atoms with Crippen molar-refractivity contribution >= 4 is 38.8 Å². The number of alkyl halides is 3. The molecule has 1 fully saturated rings. The summed E-state index contributed by atoms with van der Waals surface area (Å²) < 4.78 is 85.4. The van der Waals surface area contributed by atoms with Gasteiger partial charge in [-0.2, -0.15) is 13.2 Å². The second kappa shape index (κ2) is 20.1. The van der Waals surface area contributed by atoms with E-state index in [9.17, 15) is 23.1 Å². The van der Waals surface area contributed by atoms with Crippen molar-refractivity contribution in [3.8, 4) is 23.3 Å². The molecule has 0 saturated carbocycles. The summed E-state index contributed by atoms with van der Waals surface area (Å²) in [6.07, 6.45) is -7.37. The Balaban J connectivity index is 1.60. The Hall–Kier alpha value is -3.95. The highest BCUT2D eigenvalue weighted by Crippen LogP contribution is 2.41. The van der Waals surface area contributed by atoms with Gasteiger partial charge in [0.25, 0.3) is 8.32 Å². The number of hydrogen-bond acceptors (Lipinski definition) is 9. The van der Waals surface area contributed by atoms with E-state index in [1.165, 1.54) is 14.2 Å². The number of hydrogen-bond donors (Lipinski definition) is 1. The number of halogens is 3. The van der Waals surface area contributed by atoms with Crippen LogP contribution in [0, 0.1) is 11.8 Å². The lowest BCUT2D eigenvalue weighted by Crippen LogP contribution is -2.68. The summed E-state index contributed by atoms with van der Waals surface area (Å²) in [4.78, 5) is 13.5. The highest BCUT2D eigenvalue weighted by molar-refractivity contribution is 6.99. The summed E-state index contributed by atoms with van der Waals surface area (Å²) >= 11 is 0. The molecule has 4 atom stereocenters. The van der Waals surface area contributed by atoms with Crippen molar-refractivity contribution in [3.63, 3.8) is 0 Å². The van der Waals surface area contributed by atoms with Gasteiger partial charge in [-0.05, 0) is 53.4 Å². The van der Waals surface area contributed by atoms with Crippen molar-refractivity contribution in [2.75, 3.05) is 27.6 Å². The van der Waals surface area contributed by atoms with E-state index in [1.54, 1.807) is 62.4 Å². The van der Waals surface area contributed by atoms with E-state index in [0.717, 1.165) is 6.04 Å². The fraction of sp³-hybridized carbons (Fsp3) is 0.489. The lowest BCUT2D eigenvalue weighted by Gasteiger charge is -2.45. The van der Waals surface area contributed by atoms with Crippen molar-refractivity contribution in [2.45, 2.75) is 115 Å². The molecule has 0 bridgehead atoms. The quantitative estimate of drug-likeness (QED) is 0.0622. The third-order valence-corrected chi connectivity index (χ3v) is 16.5. The van der Waals surface area contributed by atoms with Crippen molar-refractivity contribution in [3.05, 3.63) is 90.0 Å². The number of benzene rings is 3. The molecule has 59 heavy (non-hydrogen) atoms. The summed E-state index contributed by atoms with van der Waals surface area (Å²) in [7, 11) is -2.13. The third-order valence-electron chi connectivity index (χ3n) is 9.80. The Morgan fingerprint density at radius 1 is 0.966 bits per heavy atom. The smallest absolute Gasteiger partial charge is 0.414 e. The van der Waals surface area contributed by atoms with Gasteiger partial charge in [-0.3, -0.25) is 0 Å². The van der Waals surface area contributed by atoms with Gasteiger partial charge >= 0.3 is 12.1 Å². The standard InChI is InChI=1S/C45H59F3O9Si2/c1-43(2,3)59(34-20-13-11-14-21-34,35-22-15-12-16-23-35)57-39(45(46,47)48)26-18-24-36(49)41-37(55-44(4,5)56-41)25-17-19-32-29-33(52-7)30-38(54-31-51-6)40(32)42(50)53-27-28-58(8,9)10/h11-17,19-23,29-30,36-37,39,41,49H,25-28,31H2,1-10H3/b19-17+/t36?,37-,39+,41+/m0/s1. The van der Waals surface area contributed by atoms with E-state index in [-0.39, 0.29) is 31.1 Å². The Kier molecular flexibility index (Phi) is 16.2. The molecule has 0 radical (unpaired) electrons. The van der Waals surface area contributed by atoms with E-state index < -0.39 is 70.2 Å². The maximum absolute atomic E-state index is 14.9. The molecule has 9 nitrogen and oxygen atoms in total. The van der Waals surface area contributed by atoms with Crippen molar-refractivity contribution in [1.82, 2.24) is 0 Å². The topological polar surface area (TPSA) is 102 Å². The number of aliphatic hydroxyl groups is 1. The maximum atomic E-state index is 14.9. The summed E-state index contributed by atoms with van der Waals surface area (Å²) in [5.41, 5.74) is 0.628. The molecule has 1 saturated heterocycles. The summed E-state index contributed by atoms with van der Waals surface area (Å²) in [6, 6.07) is 22.2. The molecular formula is C45H59F3O9Si2. The first-order valence-corrected chi connectivity index (χ1v) is 25.3. The number of esters is 1. The molecule has 0 aromatic heterocycles.